The molecule has 0 bridgehead atoms. The maximum atomic E-state index is 13.1. The van der Waals surface area contributed by atoms with Crippen LogP contribution in [0.4, 0.5) is 0 Å². The Kier molecular flexibility index (Phi) is 4.92. The third kappa shape index (κ3) is 3.43. The van der Waals surface area contributed by atoms with Crippen molar-refractivity contribution in [3.63, 3.8) is 0 Å². The van der Waals surface area contributed by atoms with Gasteiger partial charge in [0.2, 0.25) is 15.5 Å². The molecule has 0 spiro atoms. The van der Waals surface area contributed by atoms with Gasteiger partial charge in [-0.25, -0.2) is 12.7 Å². The van der Waals surface area contributed by atoms with E-state index in [1.807, 2.05) is 0 Å². The van der Waals surface area contributed by atoms with Gasteiger partial charge in [0.1, 0.15) is 5.65 Å². The Bertz CT molecular complexity index is 1260. The monoisotopic (exact) mass is 436 g/mol. The molecule has 10 heteroatoms. The number of aromatic amines is 1. The molecular formula is C19H21ClN4O4S. The maximum absolute atomic E-state index is 13.1. The number of hydrogen-bond acceptors (Lipinski definition) is 5. The number of fused-ring (bicyclic) bond motifs is 1. The van der Waals surface area contributed by atoms with Crippen molar-refractivity contribution in [3.05, 3.63) is 45.2 Å². The number of aromatic nitrogens is 3. The van der Waals surface area contributed by atoms with Crippen LogP contribution in [-0.4, -0.2) is 51.9 Å². The van der Waals surface area contributed by atoms with E-state index in [0.717, 1.165) is 0 Å². The van der Waals surface area contributed by atoms with Crippen molar-refractivity contribution in [1.29, 1.82) is 0 Å². The van der Waals surface area contributed by atoms with E-state index in [2.05, 4.69) is 10.1 Å². The summed E-state index contributed by atoms with van der Waals surface area (Å²) in [5.41, 5.74) is 1.33. The summed E-state index contributed by atoms with van der Waals surface area (Å²) in [6.45, 7) is 0.756. The van der Waals surface area contributed by atoms with E-state index in [0.29, 0.717) is 53.2 Å². The van der Waals surface area contributed by atoms with Gasteiger partial charge in [0.25, 0.3) is 0 Å². The molecule has 1 aliphatic rings. The lowest BCUT2D eigenvalue weighted by atomic mass is 9.92. The van der Waals surface area contributed by atoms with Crippen LogP contribution < -0.4 is 5.43 Å². The van der Waals surface area contributed by atoms with E-state index in [4.69, 9.17) is 11.6 Å². The molecule has 1 aromatic carbocycles. The zero-order valence-electron chi connectivity index (χ0n) is 16.0. The van der Waals surface area contributed by atoms with Crippen LogP contribution in [0.5, 0.6) is 5.75 Å². The average molecular weight is 437 g/mol. The number of rotatable bonds is 3. The van der Waals surface area contributed by atoms with Crippen LogP contribution in [-0.2, 0) is 17.1 Å². The Morgan fingerprint density at radius 2 is 1.90 bits per heavy atom. The standard InChI is InChI=1S/C19H21ClN4O4S/c1-23-19-14(15(22-23)11-7-9-24(10-8-11)29(2,27)28)17(25)18(26)16(21-19)12-5-3-4-6-13(12)20/h3-6,11,26H,7-10H2,1-2H3,(H,21,25). The first kappa shape index (κ1) is 19.9. The second kappa shape index (κ2) is 7.16. The number of piperidine rings is 1. The molecule has 0 atom stereocenters. The number of halogens is 1. The maximum Gasteiger partial charge on any atom is 0.235 e. The van der Waals surface area contributed by atoms with Gasteiger partial charge >= 0.3 is 0 Å². The Morgan fingerprint density at radius 3 is 2.52 bits per heavy atom. The van der Waals surface area contributed by atoms with Crippen LogP contribution in [0.1, 0.15) is 24.5 Å². The number of aryl methyl sites for hydroxylation is 1. The average Bonchev–Trinajstić information content (AvgIpc) is 3.01. The molecule has 8 nitrogen and oxygen atoms in total. The van der Waals surface area contributed by atoms with Gasteiger partial charge in [0.05, 0.1) is 28.1 Å². The summed E-state index contributed by atoms with van der Waals surface area (Å²) in [5, 5.41) is 15.9. The second-order valence-electron chi connectivity index (χ2n) is 7.33. The summed E-state index contributed by atoms with van der Waals surface area (Å²) in [6.07, 6.45) is 2.32. The van der Waals surface area contributed by atoms with Crippen LogP contribution in [0.2, 0.25) is 5.02 Å². The van der Waals surface area contributed by atoms with Crippen molar-refractivity contribution in [2.45, 2.75) is 18.8 Å². The van der Waals surface area contributed by atoms with E-state index in [1.54, 1.807) is 36.0 Å². The van der Waals surface area contributed by atoms with Crippen LogP contribution in [0.25, 0.3) is 22.3 Å². The SMILES string of the molecule is Cn1nc(C2CCN(S(C)(=O)=O)CC2)c2c(=O)c(O)c(-c3ccccc3Cl)[nH]c21. The Morgan fingerprint density at radius 1 is 1.24 bits per heavy atom. The van der Waals surface area contributed by atoms with Crippen molar-refractivity contribution in [2.24, 2.45) is 7.05 Å². The fraction of sp³-hybridized carbons (Fsp3) is 0.368. The highest BCUT2D eigenvalue weighted by Gasteiger charge is 2.30. The van der Waals surface area contributed by atoms with Crippen molar-refractivity contribution in [2.75, 3.05) is 19.3 Å². The molecule has 0 unspecified atom stereocenters. The predicted octanol–water partition coefficient (Wildman–Crippen LogP) is 2.43. The minimum atomic E-state index is -3.24. The summed E-state index contributed by atoms with van der Waals surface area (Å²) < 4.78 is 26.5. The van der Waals surface area contributed by atoms with Crippen LogP contribution in [0.15, 0.2) is 29.1 Å². The van der Waals surface area contributed by atoms with Crippen molar-refractivity contribution < 1.29 is 13.5 Å². The highest BCUT2D eigenvalue weighted by atomic mass is 35.5. The van der Waals surface area contributed by atoms with Gasteiger partial charge in [0, 0.05) is 31.6 Å². The lowest BCUT2D eigenvalue weighted by Crippen LogP contribution is -2.37. The van der Waals surface area contributed by atoms with E-state index in [9.17, 15) is 18.3 Å². The van der Waals surface area contributed by atoms with Gasteiger partial charge in [-0.2, -0.15) is 5.10 Å². The minimum Gasteiger partial charge on any atom is -0.503 e. The van der Waals surface area contributed by atoms with Gasteiger partial charge in [0.15, 0.2) is 5.75 Å². The van der Waals surface area contributed by atoms with Crippen LogP contribution in [0.3, 0.4) is 0 Å². The number of pyridine rings is 1. The molecule has 3 heterocycles. The molecule has 154 valence electrons. The van der Waals surface area contributed by atoms with Crippen molar-refractivity contribution in [3.8, 4) is 17.0 Å². The summed E-state index contributed by atoms with van der Waals surface area (Å²) >= 11 is 6.24. The molecule has 0 aliphatic carbocycles. The molecule has 4 rings (SSSR count). The first-order valence-electron chi connectivity index (χ1n) is 9.20. The molecule has 0 saturated carbocycles. The number of H-pyrrole nitrogens is 1. The molecule has 0 radical (unpaired) electrons. The van der Waals surface area contributed by atoms with Gasteiger partial charge in [-0.05, 0) is 18.9 Å². The summed E-state index contributed by atoms with van der Waals surface area (Å²) in [5.74, 6) is -0.475. The van der Waals surface area contributed by atoms with Gasteiger partial charge in [-0.3, -0.25) is 9.48 Å². The fourth-order valence-corrected chi connectivity index (χ4v) is 5.03. The van der Waals surface area contributed by atoms with Gasteiger partial charge in [-0.15, -0.1) is 0 Å². The van der Waals surface area contributed by atoms with Crippen molar-refractivity contribution in [1.82, 2.24) is 19.1 Å². The molecule has 2 aromatic heterocycles. The normalized spacial score (nSPS) is 16.5. The summed E-state index contributed by atoms with van der Waals surface area (Å²) in [4.78, 5) is 16.2. The van der Waals surface area contributed by atoms with Crippen LogP contribution >= 0.6 is 11.6 Å². The first-order chi connectivity index (χ1) is 13.7. The highest BCUT2D eigenvalue weighted by molar-refractivity contribution is 7.88. The van der Waals surface area contributed by atoms with E-state index in [-0.39, 0.29) is 11.6 Å². The molecule has 1 saturated heterocycles. The largest absolute Gasteiger partial charge is 0.503 e. The zero-order chi connectivity index (χ0) is 20.9. The first-order valence-corrected chi connectivity index (χ1v) is 11.4. The molecule has 3 aromatic rings. The second-order valence-corrected chi connectivity index (χ2v) is 9.72. The lowest BCUT2D eigenvalue weighted by Gasteiger charge is -2.29. The quantitative estimate of drug-likeness (QED) is 0.655. The van der Waals surface area contributed by atoms with Gasteiger partial charge < -0.3 is 10.1 Å². The third-order valence-corrected chi connectivity index (χ3v) is 7.08. The molecule has 0 amide bonds. The van der Waals surface area contributed by atoms with E-state index < -0.39 is 21.2 Å². The molecule has 1 fully saturated rings. The number of aromatic hydroxyl groups is 1. The highest BCUT2D eigenvalue weighted by Crippen LogP contribution is 2.35. The lowest BCUT2D eigenvalue weighted by molar-refractivity contribution is 0.318. The van der Waals surface area contributed by atoms with Crippen LogP contribution in [0, 0.1) is 0 Å². The predicted molar refractivity (Wildman–Crippen MR) is 112 cm³/mol. The summed E-state index contributed by atoms with van der Waals surface area (Å²) in [6, 6.07) is 6.94. The molecular weight excluding hydrogens is 416 g/mol. The summed E-state index contributed by atoms with van der Waals surface area (Å²) in [7, 11) is -1.51. The number of nitrogens with zero attached hydrogens (tertiary/aromatic N) is 3. The smallest absolute Gasteiger partial charge is 0.235 e. The molecule has 2 N–H and O–H groups in total. The van der Waals surface area contributed by atoms with Crippen molar-refractivity contribution >= 4 is 32.7 Å². The van der Waals surface area contributed by atoms with E-state index in [1.165, 1.54) is 10.6 Å². The Labute approximate surface area is 172 Å². The fourth-order valence-electron chi connectivity index (χ4n) is 3.93. The third-order valence-electron chi connectivity index (χ3n) is 5.45. The number of hydrogen-bond donors (Lipinski definition) is 2. The minimum absolute atomic E-state index is 0.0663. The molecule has 1 aliphatic heterocycles. The number of benzene rings is 1. The Hall–Kier alpha value is -2.36. The number of sulfonamides is 1. The molecule has 29 heavy (non-hydrogen) atoms. The topological polar surface area (TPSA) is 108 Å². The number of nitrogens with one attached hydrogen (secondary N) is 1. The van der Waals surface area contributed by atoms with Gasteiger partial charge in [-0.1, -0.05) is 29.8 Å². The zero-order valence-corrected chi connectivity index (χ0v) is 17.6. The van der Waals surface area contributed by atoms with E-state index >= 15 is 0 Å². The Balaban J connectivity index is 1.81.